The maximum atomic E-state index is 7.00. The van der Waals surface area contributed by atoms with Crippen LogP contribution in [0.2, 0.25) is 0 Å². The third kappa shape index (κ3) is 3.79. The van der Waals surface area contributed by atoms with E-state index in [-0.39, 0.29) is 11.4 Å². The van der Waals surface area contributed by atoms with Crippen molar-refractivity contribution in [3.8, 4) is 0 Å². The second-order valence-corrected chi connectivity index (χ2v) is 13.4. The number of ether oxygens (including phenoxy) is 1. The third-order valence-electron chi connectivity index (χ3n) is 6.58. The topological polar surface area (TPSA) is 9.23 Å². The molecule has 1 fully saturated rings. The Morgan fingerprint density at radius 1 is 0.576 bits per heavy atom. The molecule has 0 N–H and O–H groups in total. The maximum Gasteiger partial charge on any atom is 0.121 e. The molecule has 0 saturated carbocycles. The summed E-state index contributed by atoms with van der Waals surface area (Å²) in [7, 11) is -1.33. The van der Waals surface area contributed by atoms with Crippen molar-refractivity contribution in [2.45, 2.75) is 23.5 Å². The van der Waals surface area contributed by atoms with Gasteiger partial charge in [0.15, 0.2) is 0 Å². The van der Waals surface area contributed by atoms with Crippen molar-refractivity contribution in [1.82, 2.24) is 0 Å². The number of benzene rings is 4. The Morgan fingerprint density at radius 2 is 1.00 bits per heavy atom. The lowest BCUT2D eigenvalue weighted by molar-refractivity contribution is 0.0956. The fourth-order valence-electron chi connectivity index (χ4n) is 5.23. The Morgan fingerprint density at radius 3 is 1.42 bits per heavy atom. The summed E-state index contributed by atoms with van der Waals surface area (Å²) < 4.78 is 7.00. The van der Waals surface area contributed by atoms with Crippen molar-refractivity contribution >= 4 is 37.1 Å². The lowest BCUT2D eigenvalue weighted by Gasteiger charge is -2.42. The Bertz CT molecular complexity index is 1150. The van der Waals surface area contributed by atoms with Crippen LogP contribution in [-0.4, -0.2) is 17.1 Å². The summed E-state index contributed by atoms with van der Waals surface area (Å²) in [6, 6.07) is 44.3. The summed E-state index contributed by atoms with van der Waals surface area (Å²) in [5.74, 6) is 0. The molecule has 6 rings (SSSR count). The van der Waals surface area contributed by atoms with E-state index in [0.29, 0.717) is 5.66 Å². The number of hydrogen-bond donors (Lipinski definition) is 0. The molecule has 0 aliphatic carbocycles. The lowest BCUT2D eigenvalue weighted by atomic mass is 10.1. The van der Waals surface area contributed by atoms with E-state index in [4.69, 9.17) is 4.74 Å². The second-order valence-electron chi connectivity index (χ2n) is 8.57. The van der Waals surface area contributed by atoms with Crippen molar-refractivity contribution < 1.29 is 4.74 Å². The monoisotopic (exact) mass is 464 g/mol. The first-order valence-electron chi connectivity index (χ1n) is 11.5. The molecule has 0 amide bonds. The zero-order chi connectivity index (χ0) is 22.1. The summed E-state index contributed by atoms with van der Waals surface area (Å²) in [5.41, 5.74) is 0.416. The van der Waals surface area contributed by atoms with Crippen LogP contribution in [0.3, 0.4) is 0 Å². The molecule has 3 heteroatoms. The quantitative estimate of drug-likeness (QED) is 0.264. The van der Waals surface area contributed by atoms with Gasteiger partial charge in [-0.25, -0.2) is 0 Å². The van der Waals surface area contributed by atoms with E-state index >= 15 is 0 Å². The van der Waals surface area contributed by atoms with Crippen LogP contribution in [-0.2, 0) is 4.74 Å². The highest BCUT2D eigenvalue weighted by molar-refractivity contribution is 7.78. The molecule has 1 saturated heterocycles. The van der Waals surface area contributed by atoms with Gasteiger partial charge < -0.3 is 4.74 Å². The van der Waals surface area contributed by atoms with E-state index in [0.717, 1.165) is 6.42 Å². The molecule has 2 heterocycles. The highest BCUT2D eigenvalue weighted by atomic mass is 31.1. The minimum Gasteiger partial charge on any atom is -0.358 e. The molecule has 4 aromatic rings. The summed E-state index contributed by atoms with van der Waals surface area (Å²) in [6.07, 6.45) is 6.02. The van der Waals surface area contributed by atoms with Crippen LogP contribution in [0.1, 0.15) is 6.42 Å². The molecule has 0 unspecified atom stereocenters. The van der Waals surface area contributed by atoms with Crippen molar-refractivity contribution in [2.75, 3.05) is 0 Å². The molecule has 2 aliphatic heterocycles. The predicted molar refractivity (Wildman–Crippen MR) is 143 cm³/mol. The van der Waals surface area contributed by atoms with Crippen molar-refractivity contribution in [3.63, 3.8) is 0 Å². The van der Waals surface area contributed by atoms with Crippen LogP contribution >= 0.6 is 15.8 Å². The van der Waals surface area contributed by atoms with Gasteiger partial charge in [-0.15, -0.1) is 0 Å². The predicted octanol–water partition coefficient (Wildman–Crippen LogP) is 5.68. The van der Waals surface area contributed by atoms with Gasteiger partial charge >= 0.3 is 0 Å². The zero-order valence-electron chi connectivity index (χ0n) is 18.4. The summed E-state index contributed by atoms with van der Waals surface area (Å²) >= 11 is 0. The van der Waals surface area contributed by atoms with Gasteiger partial charge in [-0.05, 0) is 49.6 Å². The van der Waals surface area contributed by atoms with Crippen molar-refractivity contribution in [3.05, 3.63) is 133 Å². The first-order chi connectivity index (χ1) is 16.4. The van der Waals surface area contributed by atoms with Gasteiger partial charge in [0.1, 0.15) is 5.34 Å². The highest BCUT2D eigenvalue weighted by Gasteiger charge is 2.58. The average Bonchev–Trinajstić information content (AvgIpc) is 3.46. The molecule has 1 nitrogen and oxygen atoms in total. The van der Waals surface area contributed by atoms with Crippen LogP contribution in [0.5, 0.6) is 0 Å². The number of hydrogen-bond acceptors (Lipinski definition) is 1. The normalized spacial score (nSPS) is 23.5. The Kier molecular flexibility index (Phi) is 5.73. The molecule has 0 radical (unpaired) electrons. The molecular formula is C30H26OP2. The second kappa shape index (κ2) is 9.00. The maximum absolute atomic E-state index is 7.00. The summed E-state index contributed by atoms with van der Waals surface area (Å²) in [6.45, 7) is 0. The zero-order valence-corrected chi connectivity index (χ0v) is 20.2. The van der Waals surface area contributed by atoms with Gasteiger partial charge in [0, 0.05) is 5.66 Å². The van der Waals surface area contributed by atoms with Gasteiger partial charge in [-0.1, -0.05) is 127 Å². The molecular weight excluding hydrogens is 438 g/mol. The molecule has 3 atom stereocenters. The lowest BCUT2D eigenvalue weighted by Crippen LogP contribution is -2.42. The van der Waals surface area contributed by atoms with E-state index < -0.39 is 15.8 Å². The van der Waals surface area contributed by atoms with E-state index in [1.54, 1.807) is 0 Å². The molecule has 2 bridgehead atoms. The van der Waals surface area contributed by atoms with Gasteiger partial charge in [-0.3, -0.25) is 0 Å². The molecule has 162 valence electrons. The van der Waals surface area contributed by atoms with Crippen LogP contribution in [0, 0.1) is 0 Å². The SMILES string of the molecule is C1=C[C@@]2(P(c3ccccc3)c3ccccc3)O[C@@H]1C[C@@H]2P(c1ccccc1)c1ccccc1. The molecule has 33 heavy (non-hydrogen) atoms. The van der Waals surface area contributed by atoms with Crippen molar-refractivity contribution in [1.29, 1.82) is 0 Å². The minimum absolute atomic E-state index is 0.199. The molecule has 2 aliphatic rings. The fourth-order valence-corrected chi connectivity index (χ4v) is 11.8. The highest BCUT2D eigenvalue weighted by Crippen LogP contribution is 2.66. The van der Waals surface area contributed by atoms with E-state index in [2.05, 4.69) is 133 Å². The van der Waals surface area contributed by atoms with Gasteiger partial charge in [0.05, 0.1) is 6.10 Å². The standard InChI is InChI=1S/C30H26OP2/c1-5-13-25(14-6-1)32(26-15-7-2-8-16-26)29-23-24-21-22-30(29,31-24)33(27-17-9-3-10-18-27)28-19-11-4-12-20-28/h1-22,24,29H,23H2/t24-,29-,30-/m0/s1. The van der Waals surface area contributed by atoms with E-state index in [9.17, 15) is 0 Å². The molecule has 4 aromatic carbocycles. The van der Waals surface area contributed by atoms with Crippen LogP contribution in [0.25, 0.3) is 0 Å². The van der Waals surface area contributed by atoms with E-state index in [1.165, 1.54) is 21.2 Å². The molecule has 0 aromatic heterocycles. The summed E-state index contributed by atoms with van der Waals surface area (Å²) in [4.78, 5) is 0. The van der Waals surface area contributed by atoms with Crippen LogP contribution in [0.4, 0.5) is 0 Å². The smallest absolute Gasteiger partial charge is 0.121 e. The Balaban J connectivity index is 1.54. The third-order valence-corrected chi connectivity index (χ3v) is 12.6. The average molecular weight is 464 g/mol. The minimum atomic E-state index is -0.740. The van der Waals surface area contributed by atoms with Crippen LogP contribution < -0.4 is 21.2 Å². The van der Waals surface area contributed by atoms with E-state index in [1.807, 2.05) is 0 Å². The largest absolute Gasteiger partial charge is 0.358 e. The van der Waals surface area contributed by atoms with Gasteiger partial charge in [0.2, 0.25) is 0 Å². The number of rotatable bonds is 6. The Hall–Kier alpha value is -2.56. The van der Waals surface area contributed by atoms with Gasteiger partial charge in [0.25, 0.3) is 0 Å². The summed E-state index contributed by atoms with van der Waals surface area (Å²) in [5, 5.41) is 5.33. The number of fused-ring (bicyclic) bond motifs is 2. The van der Waals surface area contributed by atoms with Crippen LogP contribution in [0.15, 0.2) is 133 Å². The first kappa shape index (κ1) is 21.0. The van der Waals surface area contributed by atoms with Crippen molar-refractivity contribution in [2.24, 2.45) is 0 Å². The first-order valence-corrected chi connectivity index (χ1v) is 14.3. The van der Waals surface area contributed by atoms with Gasteiger partial charge in [-0.2, -0.15) is 0 Å². The Labute approximate surface area is 198 Å². The fraction of sp³-hybridized carbons (Fsp3) is 0.133. The molecule has 0 spiro atoms.